The fourth-order valence-corrected chi connectivity index (χ4v) is 4.53. The lowest BCUT2D eigenvalue weighted by molar-refractivity contribution is -0.138. The van der Waals surface area contributed by atoms with Crippen molar-refractivity contribution in [2.45, 2.75) is 50.2 Å². The molecule has 1 aromatic rings. The molecular formula is C18H24Cl2N2O2. The first-order valence-corrected chi connectivity index (χ1v) is 8.92. The molecule has 1 N–H and O–H groups in total. The molecule has 2 bridgehead atoms. The van der Waals surface area contributed by atoms with E-state index in [1.54, 1.807) is 0 Å². The Morgan fingerprint density at radius 2 is 2.00 bits per heavy atom. The number of nitrogens with one attached hydrogen (secondary N) is 1. The Hall–Kier alpha value is -0.970. The van der Waals surface area contributed by atoms with Gasteiger partial charge in [-0.05, 0) is 55.9 Å². The lowest BCUT2D eigenvalue weighted by Crippen LogP contribution is -2.51. The molecule has 3 aliphatic heterocycles. The number of carbonyl (C=O) groups excluding carboxylic acids is 1. The maximum atomic E-state index is 12.9. The number of ether oxygens (including phenoxy) is 1. The van der Waals surface area contributed by atoms with Crippen LogP contribution in [-0.4, -0.2) is 42.6 Å². The lowest BCUT2D eigenvalue weighted by Gasteiger charge is -2.38. The highest BCUT2D eigenvalue weighted by Gasteiger charge is 2.38. The first-order chi connectivity index (χ1) is 11.1. The first kappa shape index (κ1) is 17.8. The van der Waals surface area contributed by atoms with E-state index in [1.165, 1.54) is 12.8 Å². The molecule has 6 heteroatoms. The Balaban J connectivity index is 0.00000169. The smallest absolute Gasteiger partial charge is 0.229 e. The molecule has 4 nitrogen and oxygen atoms in total. The topological polar surface area (TPSA) is 41.6 Å². The summed E-state index contributed by atoms with van der Waals surface area (Å²) in [6, 6.07) is 7.20. The molecule has 2 fully saturated rings. The van der Waals surface area contributed by atoms with E-state index in [4.69, 9.17) is 16.3 Å². The Labute approximate surface area is 154 Å². The SMILES string of the molecule is CN(C(=O)C1COc2ccc(Cl)cc2C1)C1CC2CCC(C1)N2.Cl. The highest BCUT2D eigenvalue weighted by atomic mass is 35.5. The van der Waals surface area contributed by atoms with Crippen LogP contribution in [0.1, 0.15) is 31.2 Å². The zero-order chi connectivity index (χ0) is 16.0. The number of nitrogens with zero attached hydrogens (tertiary/aromatic N) is 1. The van der Waals surface area contributed by atoms with Gasteiger partial charge in [-0.3, -0.25) is 4.79 Å². The van der Waals surface area contributed by atoms with Crippen LogP contribution < -0.4 is 10.1 Å². The summed E-state index contributed by atoms with van der Waals surface area (Å²) in [6.07, 6.45) is 5.38. The van der Waals surface area contributed by atoms with Gasteiger partial charge in [0.15, 0.2) is 0 Å². The minimum Gasteiger partial charge on any atom is -0.492 e. The van der Waals surface area contributed by atoms with E-state index < -0.39 is 0 Å². The van der Waals surface area contributed by atoms with Crippen LogP contribution in [0.25, 0.3) is 0 Å². The molecule has 4 rings (SSSR count). The molecule has 3 heterocycles. The lowest BCUT2D eigenvalue weighted by atomic mass is 9.93. The highest BCUT2D eigenvalue weighted by molar-refractivity contribution is 6.30. The van der Waals surface area contributed by atoms with E-state index in [0.717, 1.165) is 30.6 Å². The summed E-state index contributed by atoms with van der Waals surface area (Å²) < 4.78 is 5.79. The molecule has 3 aliphatic rings. The molecule has 3 unspecified atom stereocenters. The average Bonchev–Trinajstić information content (AvgIpc) is 2.90. The summed E-state index contributed by atoms with van der Waals surface area (Å²) in [6.45, 7) is 0.468. The summed E-state index contributed by atoms with van der Waals surface area (Å²) in [5.74, 6) is 0.974. The van der Waals surface area contributed by atoms with E-state index in [0.29, 0.717) is 29.8 Å². The van der Waals surface area contributed by atoms with E-state index in [9.17, 15) is 4.79 Å². The molecule has 1 aromatic carbocycles. The molecule has 24 heavy (non-hydrogen) atoms. The van der Waals surface area contributed by atoms with Gasteiger partial charge in [-0.15, -0.1) is 12.4 Å². The Bertz CT molecular complexity index is 613. The summed E-state index contributed by atoms with van der Waals surface area (Å²) in [4.78, 5) is 14.9. The second-order valence-corrected chi connectivity index (χ2v) is 7.61. The van der Waals surface area contributed by atoms with Crippen molar-refractivity contribution >= 4 is 29.9 Å². The quantitative estimate of drug-likeness (QED) is 0.869. The van der Waals surface area contributed by atoms with Crippen LogP contribution in [0.15, 0.2) is 18.2 Å². The van der Waals surface area contributed by atoms with Crippen molar-refractivity contribution in [2.75, 3.05) is 13.7 Å². The molecule has 3 atom stereocenters. The minimum atomic E-state index is -0.0986. The number of hydrogen-bond donors (Lipinski definition) is 1. The van der Waals surface area contributed by atoms with Crippen LogP contribution in [0.3, 0.4) is 0 Å². The molecular weight excluding hydrogens is 347 g/mol. The normalized spacial score (nSPS) is 30.8. The number of carbonyl (C=O) groups is 1. The van der Waals surface area contributed by atoms with Gasteiger partial charge in [0.2, 0.25) is 5.91 Å². The highest BCUT2D eigenvalue weighted by Crippen LogP contribution is 2.33. The van der Waals surface area contributed by atoms with Gasteiger partial charge >= 0.3 is 0 Å². The molecule has 0 saturated carbocycles. The van der Waals surface area contributed by atoms with Gasteiger partial charge in [0.25, 0.3) is 0 Å². The van der Waals surface area contributed by atoms with Crippen LogP contribution in [0.2, 0.25) is 5.02 Å². The molecule has 2 saturated heterocycles. The number of halogens is 2. The number of hydrogen-bond acceptors (Lipinski definition) is 3. The maximum Gasteiger partial charge on any atom is 0.229 e. The van der Waals surface area contributed by atoms with Gasteiger partial charge in [0, 0.05) is 30.2 Å². The van der Waals surface area contributed by atoms with Crippen molar-refractivity contribution in [2.24, 2.45) is 5.92 Å². The van der Waals surface area contributed by atoms with Crippen molar-refractivity contribution in [3.8, 4) is 5.75 Å². The van der Waals surface area contributed by atoms with Crippen LogP contribution >= 0.6 is 24.0 Å². The van der Waals surface area contributed by atoms with Gasteiger partial charge in [-0.25, -0.2) is 0 Å². The van der Waals surface area contributed by atoms with E-state index in [2.05, 4.69) is 5.32 Å². The van der Waals surface area contributed by atoms with Crippen molar-refractivity contribution in [1.82, 2.24) is 10.2 Å². The third-order valence-corrected chi connectivity index (χ3v) is 5.86. The van der Waals surface area contributed by atoms with Gasteiger partial charge in [0.05, 0.1) is 5.92 Å². The molecule has 0 radical (unpaired) electrons. The third-order valence-electron chi connectivity index (χ3n) is 5.62. The Morgan fingerprint density at radius 3 is 2.71 bits per heavy atom. The van der Waals surface area contributed by atoms with Crippen LogP contribution in [0.4, 0.5) is 0 Å². The fraction of sp³-hybridized carbons (Fsp3) is 0.611. The van der Waals surface area contributed by atoms with E-state index in [-0.39, 0.29) is 24.2 Å². The van der Waals surface area contributed by atoms with Gasteiger partial charge in [-0.2, -0.15) is 0 Å². The predicted molar refractivity (Wildman–Crippen MR) is 97.1 cm³/mol. The van der Waals surface area contributed by atoms with Crippen molar-refractivity contribution in [3.63, 3.8) is 0 Å². The van der Waals surface area contributed by atoms with Crippen molar-refractivity contribution in [3.05, 3.63) is 28.8 Å². The number of amides is 1. The predicted octanol–water partition coefficient (Wildman–Crippen LogP) is 3.05. The molecule has 0 aliphatic carbocycles. The van der Waals surface area contributed by atoms with Crippen molar-refractivity contribution in [1.29, 1.82) is 0 Å². The van der Waals surface area contributed by atoms with Gasteiger partial charge < -0.3 is 15.0 Å². The van der Waals surface area contributed by atoms with Gasteiger partial charge in [-0.1, -0.05) is 11.6 Å². The molecule has 1 amide bonds. The zero-order valence-electron chi connectivity index (χ0n) is 13.8. The second-order valence-electron chi connectivity index (χ2n) is 7.18. The summed E-state index contributed by atoms with van der Waals surface area (Å²) in [7, 11) is 1.96. The largest absolute Gasteiger partial charge is 0.492 e. The van der Waals surface area contributed by atoms with Crippen LogP contribution in [0.5, 0.6) is 5.75 Å². The average molecular weight is 371 g/mol. The summed E-state index contributed by atoms with van der Waals surface area (Å²) >= 11 is 6.07. The number of piperidine rings is 1. The van der Waals surface area contributed by atoms with E-state index >= 15 is 0 Å². The fourth-order valence-electron chi connectivity index (χ4n) is 4.33. The molecule has 0 spiro atoms. The van der Waals surface area contributed by atoms with Crippen molar-refractivity contribution < 1.29 is 9.53 Å². The Morgan fingerprint density at radius 1 is 1.29 bits per heavy atom. The van der Waals surface area contributed by atoms with Gasteiger partial charge in [0.1, 0.15) is 12.4 Å². The second kappa shape index (κ2) is 7.11. The maximum absolute atomic E-state index is 12.9. The zero-order valence-corrected chi connectivity index (χ0v) is 15.4. The van der Waals surface area contributed by atoms with Crippen LogP contribution in [0, 0.1) is 5.92 Å². The summed E-state index contributed by atoms with van der Waals surface area (Å²) in [5, 5.41) is 4.33. The Kier molecular flexibility index (Phi) is 5.28. The minimum absolute atomic E-state index is 0. The third kappa shape index (κ3) is 3.37. The summed E-state index contributed by atoms with van der Waals surface area (Å²) in [5.41, 5.74) is 1.04. The number of fused-ring (bicyclic) bond motifs is 3. The molecule has 132 valence electrons. The monoisotopic (exact) mass is 370 g/mol. The molecule has 0 aromatic heterocycles. The first-order valence-electron chi connectivity index (χ1n) is 8.54. The standard InChI is InChI=1S/C18H23ClN2O2.ClH/c1-21(16-8-14-3-4-15(9-16)20-14)18(22)12-6-11-7-13(19)2-5-17(11)23-10-12;/h2,5,7,12,14-16,20H,3-4,6,8-10H2,1H3;1H. The number of rotatable bonds is 2. The number of benzene rings is 1. The van der Waals surface area contributed by atoms with Crippen LogP contribution in [-0.2, 0) is 11.2 Å². The van der Waals surface area contributed by atoms with E-state index in [1.807, 2.05) is 30.1 Å².